The smallest absolute Gasteiger partial charge is 0.433 e. The van der Waals surface area contributed by atoms with Gasteiger partial charge in [0.15, 0.2) is 40.6 Å². The van der Waals surface area contributed by atoms with Crippen molar-refractivity contribution in [3.05, 3.63) is 69.5 Å². The van der Waals surface area contributed by atoms with Gasteiger partial charge in [-0.2, -0.15) is 0 Å². The second-order valence-electron chi connectivity index (χ2n) is 6.80. The molecule has 0 aliphatic heterocycles. The van der Waals surface area contributed by atoms with Gasteiger partial charge in [-0.1, -0.05) is 0 Å². The summed E-state index contributed by atoms with van der Waals surface area (Å²) < 4.78 is 32.4. The van der Waals surface area contributed by atoms with Crippen LogP contribution in [0.2, 0.25) is 0 Å². The monoisotopic (exact) mass is 457 g/mol. The summed E-state index contributed by atoms with van der Waals surface area (Å²) in [5.41, 5.74) is 0.632. The Labute approximate surface area is 189 Å². The van der Waals surface area contributed by atoms with Crippen LogP contribution in [0.4, 0.5) is 5.88 Å². The molecule has 0 radical (unpaired) electrons. The Morgan fingerprint density at radius 1 is 0.848 bits per heavy atom. The van der Waals surface area contributed by atoms with Crippen molar-refractivity contribution >= 4 is 11.7 Å². The maximum Gasteiger partial charge on any atom is 0.433 e. The Kier molecular flexibility index (Phi) is 7.07. The lowest BCUT2D eigenvalue weighted by Gasteiger charge is -2.17. The van der Waals surface area contributed by atoms with Crippen LogP contribution in [-0.2, 0) is 0 Å². The number of benzene rings is 2. The molecule has 1 atom stereocenters. The molecule has 1 heterocycles. The molecular formula is C23H23NO9. The molecule has 1 aromatic heterocycles. The maximum atomic E-state index is 13.2. The lowest BCUT2D eigenvalue weighted by atomic mass is 10.0. The van der Waals surface area contributed by atoms with Crippen molar-refractivity contribution in [1.82, 2.24) is 0 Å². The van der Waals surface area contributed by atoms with E-state index in [1.165, 1.54) is 46.6 Å². The number of carbonyl (C=O) groups excluding carboxylic acids is 1. The number of furan rings is 1. The quantitative estimate of drug-likeness (QED) is 0.244. The molecule has 3 rings (SSSR count). The summed E-state index contributed by atoms with van der Waals surface area (Å²) in [7, 11) is 5.87. The van der Waals surface area contributed by atoms with Gasteiger partial charge in [-0.25, -0.2) is 0 Å². The van der Waals surface area contributed by atoms with E-state index in [1.54, 1.807) is 31.2 Å². The topological polar surface area (TPSA) is 120 Å². The molecule has 0 fully saturated rings. The Balaban J connectivity index is 1.94. The van der Waals surface area contributed by atoms with Crippen LogP contribution < -0.4 is 23.7 Å². The van der Waals surface area contributed by atoms with E-state index in [9.17, 15) is 14.9 Å². The van der Waals surface area contributed by atoms with Gasteiger partial charge >= 0.3 is 5.88 Å². The Morgan fingerprint density at radius 3 is 1.97 bits per heavy atom. The summed E-state index contributed by atoms with van der Waals surface area (Å²) in [4.78, 5) is 23.5. The van der Waals surface area contributed by atoms with Crippen LogP contribution in [0, 0.1) is 10.1 Å². The minimum Gasteiger partial charge on any atom is -0.493 e. The number of hydrogen-bond donors (Lipinski definition) is 0. The van der Waals surface area contributed by atoms with E-state index in [1.807, 2.05) is 0 Å². The van der Waals surface area contributed by atoms with Gasteiger partial charge in [0, 0.05) is 11.1 Å². The zero-order valence-electron chi connectivity index (χ0n) is 18.7. The number of carbonyl (C=O) groups is 1. The van der Waals surface area contributed by atoms with Crippen LogP contribution in [0.25, 0.3) is 0 Å². The van der Waals surface area contributed by atoms with Crippen molar-refractivity contribution < 1.29 is 37.8 Å². The van der Waals surface area contributed by atoms with E-state index in [0.29, 0.717) is 34.1 Å². The summed E-state index contributed by atoms with van der Waals surface area (Å²) in [5.74, 6) is 1.26. The number of ether oxygens (including phenoxy) is 5. The predicted molar refractivity (Wildman–Crippen MR) is 117 cm³/mol. The number of nitrogens with zero attached hydrogens (tertiary/aromatic N) is 1. The zero-order valence-corrected chi connectivity index (χ0v) is 18.7. The standard InChI is InChI=1S/C23H23NO9/c1-13(16-8-9-21(33-16)24(26)27)32-18-10-14(6-7-17(18)28-2)22(25)15-11-19(29-3)23(31-5)20(12-15)30-4/h6-13H,1-5H3. The molecule has 0 saturated carbocycles. The van der Waals surface area contributed by atoms with Gasteiger partial charge < -0.3 is 28.1 Å². The lowest BCUT2D eigenvalue weighted by Crippen LogP contribution is -2.07. The normalized spacial score (nSPS) is 11.4. The fraction of sp³-hybridized carbons (Fsp3) is 0.261. The fourth-order valence-electron chi connectivity index (χ4n) is 3.20. The van der Waals surface area contributed by atoms with E-state index in [0.717, 1.165) is 0 Å². The largest absolute Gasteiger partial charge is 0.493 e. The van der Waals surface area contributed by atoms with Crippen LogP contribution in [0.1, 0.15) is 34.7 Å². The zero-order chi connectivity index (χ0) is 24.1. The summed E-state index contributed by atoms with van der Waals surface area (Å²) in [6, 6.07) is 10.5. The second-order valence-corrected chi connectivity index (χ2v) is 6.80. The summed E-state index contributed by atoms with van der Waals surface area (Å²) in [6.45, 7) is 1.66. The minimum absolute atomic E-state index is 0.255. The SMILES string of the molecule is COc1ccc(C(=O)c2cc(OC)c(OC)c(OC)c2)cc1OC(C)c1ccc([N+](=O)[O-])o1. The van der Waals surface area contributed by atoms with Gasteiger partial charge in [-0.15, -0.1) is 0 Å². The number of rotatable bonds is 10. The van der Waals surface area contributed by atoms with Gasteiger partial charge in [0.1, 0.15) is 4.92 Å². The lowest BCUT2D eigenvalue weighted by molar-refractivity contribution is -0.402. The van der Waals surface area contributed by atoms with Crippen LogP contribution in [0.5, 0.6) is 28.7 Å². The average molecular weight is 457 g/mol. The molecule has 0 aliphatic carbocycles. The first-order chi connectivity index (χ1) is 15.8. The first kappa shape index (κ1) is 23.5. The Bertz CT molecular complexity index is 1140. The van der Waals surface area contributed by atoms with Crippen molar-refractivity contribution in [2.45, 2.75) is 13.0 Å². The van der Waals surface area contributed by atoms with Crippen LogP contribution in [0.3, 0.4) is 0 Å². The Hall–Kier alpha value is -4.21. The molecule has 10 nitrogen and oxygen atoms in total. The summed E-state index contributed by atoms with van der Waals surface area (Å²) >= 11 is 0. The molecule has 0 aliphatic rings. The molecule has 0 N–H and O–H groups in total. The molecule has 3 aromatic rings. The fourth-order valence-corrected chi connectivity index (χ4v) is 3.20. The van der Waals surface area contributed by atoms with E-state index in [2.05, 4.69) is 0 Å². The molecule has 0 bridgehead atoms. The third-order valence-electron chi connectivity index (χ3n) is 4.85. The molecule has 0 amide bonds. The van der Waals surface area contributed by atoms with Crippen LogP contribution >= 0.6 is 0 Å². The van der Waals surface area contributed by atoms with Crippen LogP contribution in [-0.4, -0.2) is 39.1 Å². The van der Waals surface area contributed by atoms with Gasteiger partial charge in [-0.3, -0.25) is 14.9 Å². The maximum absolute atomic E-state index is 13.2. The van der Waals surface area contributed by atoms with Gasteiger partial charge in [0.25, 0.3) is 0 Å². The van der Waals surface area contributed by atoms with Crippen molar-refractivity contribution in [1.29, 1.82) is 0 Å². The molecule has 10 heteroatoms. The highest BCUT2D eigenvalue weighted by Crippen LogP contribution is 2.39. The van der Waals surface area contributed by atoms with E-state index in [4.69, 9.17) is 28.1 Å². The van der Waals surface area contributed by atoms with E-state index >= 15 is 0 Å². The second kappa shape index (κ2) is 9.94. The highest BCUT2D eigenvalue weighted by molar-refractivity contribution is 6.10. The van der Waals surface area contributed by atoms with Crippen molar-refractivity contribution in [3.63, 3.8) is 0 Å². The summed E-state index contributed by atoms with van der Waals surface area (Å²) in [5, 5.41) is 10.9. The molecule has 33 heavy (non-hydrogen) atoms. The highest BCUT2D eigenvalue weighted by Gasteiger charge is 2.22. The van der Waals surface area contributed by atoms with E-state index in [-0.39, 0.29) is 17.3 Å². The average Bonchev–Trinajstić information content (AvgIpc) is 3.33. The molecule has 1 unspecified atom stereocenters. The molecule has 174 valence electrons. The predicted octanol–water partition coefficient (Wildman–Crippen LogP) is 4.59. The Morgan fingerprint density at radius 2 is 1.45 bits per heavy atom. The third kappa shape index (κ3) is 4.84. The third-order valence-corrected chi connectivity index (χ3v) is 4.85. The molecular weight excluding hydrogens is 434 g/mol. The number of nitro groups is 1. The van der Waals surface area contributed by atoms with Crippen molar-refractivity contribution in [3.8, 4) is 28.7 Å². The number of ketones is 1. The van der Waals surface area contributed by atoms with Crippen LogP contribution in [0.15, 0.2) is 46.9 Å². The molecule has 2 aromatic carbocycles. The molecule has 0 spiro atoms. The number of hydrogen-bond acceptors (Lipinski definition) is 9. The van der Waals surface area contributed by atoms with Crippen molar-refractivity contribution in [2.75, 3.05) is 28.4 Å². The minimum atomic E-state index is -0.681. The van der Waals surface area contributed by atoms with Crippen molar-refractivity contribution in [2.24, 2.45) is 0 Å². The molecule has 0 saturated heterocycles. The number of methoxy groups -OCH3 is 4. The van der Waals surface area contributed by atoms with Gasteiger partial charge in [0.05, 0.1) is 34.5 Å². The van der Waals surface area contributed by atoms with Gasteiger partial charge in [-0.05, 0) is 43.3 Å². The highest BCUT2D eigenvalue weighted by atomic mass is 16.7. The first-order valence-electron chi connectivity index (χ1n) is 9.76. The van der Waals surface area contributed by atoms with Gasteiger partial charge in [0.2, 0.25) is 5.75 Å². The van der Waals surface area contributed by atoms with E-state index < -0.39 is 16.9 Å². The first-order valence-corrected chi connectivity index (χ1v) is 9.76. The summed E-state index contributed by atoms with van der Waals surface area (Å²) in [6.07, 6.45) is -0.681.